The van der Waals surface area contributed by atoms with E-state index in [1.165, 1.54) is 29.2 Å². The first-order valence-corrected chi connectivity index (χ1v) is 11.4. The van der Waals surface area contributed by atoms with Crippen LogP contribution in [-0.4, -0.2) is 54.3 Å². The lowest BCUT2D eigenvalue weighted by Gasteiger charge is -2.38. The molecule has 2 N–H and O–H groups in total. The molecule has 1 saturated heterocycles. The normalized spacial score (nSPS) is 16.2. The third kappa shape index (κ3) is 4.53. The zero-order valence-electron chi connectivity index (χ0n) is 18.8. The maximum Gasteiger partial charge on any atom is 0.238 e. The first-order valence-electron chi connectivity index (χ1n) is 11.4. The number of nitrogens with one attached hydrogen (secondary N) is 2. The molecule has 33 heavy (non-hydrogen) atoms. The van der Waals surface area contributed by atoms with Crippen LogP contribution in [0.4, 0.5) is 11.4 Å². The molecule has 0 saturated carbocycles. The average molecular weight is 441 g/mol. The minimum Gasteiger partial charge on any atom is -0.326 e. The van der Waals surface area contributed by atoms with Crippen molar-refractivity contribution < 1.29 is 9.59 Å². The zero-order chi connectivity index (χ0) is 22.8. The van der Waals surface area contributed by atoms with Gasteiger partial charge in [-0.05, 0) is 46.5 Å². The lowest BCUT2D eigenvalue weighted by atomic mass is 10.0. The van der Waals surface area contributed by atoms with Crippen LogP contribution in [0.25, 0.3) is 11.1 Å². The van der Waals surface area contributed by atoms with Gasteiger partial charge in [0.05, 0.1) is 12.6 Å². The summed E-state index contributed by atoms with van der Waals surface area (Å²) in [6.07, 6.45) is 0. The third-order valence-corrected chi connectivity index (χ3v) is 6.43. The number of nitrogens with zero attached hydrogens (tertiary/aromatic N) is 2. The molecule has 3 aromatic rings. The summed E-state index contributed by atoms with van der Waals surface area (Å²) in [5, 5.41) is 5.68. The molecular formula is C27H28N4O2. The molecule has 0 aromatic heterocycles. The van der Waals surface area contributed by atoms with Crippen LogP contribution >= 0.6 is 0 Å². The van der Waals surface area contributed by atoms with E-state index in [-0.39, 0.29) is 17.9 Å². The number of benzene rings is 3. The van der Waals surface area contributed by atoms with Gasteiger partial charge in [0, 0.05) is 44.5 Å². The van der Waals surface area contributed by atoms with E-state index in [2.05, 4.69) is 69.0 Å². The Morgan fingerprint density at radius 3 is 1.82 bits per heavy atom. The maximum absolute atomic E-state index is 12.6. The van der Waals surface area contributed by atoms with Gasteiger partial charge in [-0.1, -0.05) is 48.5 Å². The number of hydrogen-bond donors (Lipinski definition) is 2. The lowest BCUT2D eigenvalue weighted by Crippen LogP contribution is -2.49. The van der Waals surface area contributed by atoms with Gasteiger partial charge in [0.25, 0.3) is 0 Å². The number of piperazine rings is 1. The fourth-order valence-electron chi connectivity index (χ4n) is 4.95. The van der Waals surface area contributed by atoms with Gasteiger partial charge in [-0.2, -0.15) is 0 Å². The average Bonchev–Trinajstić information content (AvgIpc) is 3.15. The Bertz CT molecular complexity index is 1120. The van der Waals surface area contributed by atoms with Crippen LogP contribution in [0.1, 0.15) is 24.1 Å². The van der Waals surface area contributed by atoms with Crippen LogP contribution in [0.15, 0.2) is 72.8 Å². The number of anilines is 2. The largest absolute Gasteiger partial charge is 0.326 e. The summed E-state index contributed by atoms with van der Waals surface area (Å²) in [5.74, 6) is -0.136. The molecule has 6 heteroatoms. The maximum atomic E-state index is 12.6. The molecule has 0 unspecified atom stereocenters. The van der Waals surface area contributed by atoms with Gasteiger partial charge in [0.1, 0.15) is 0 Å². The number of amides is 2. The van der Waals surface area contributed by atoms with Crippen molar-refractivity contribution in [1.29, 1.82) is 0 Å². The molecule has 1 heterocycles. The number of rotatable bonds is 5. The summed E-state index contributed by atoms with van der Waals surface area (Å²) in [4.78, 5) is 28.5. The second-order valence-corrected chi connectivity index (χ2v) is 8.70. The molecule has 5 rings (SSSR count). The molecule has 0 radical (unpaired) electrons. The molecule has 1 aliphatic carbocycles. The van der Waals surface area contributed by atoms with Crippen molar-refractivity contribution in [1.82, 2.24) is 9.80 Å². The summed E-state index contributed by atoms with van der Waals surface area (Å²) in [5.41, 5.74) is 6.88. The standard InChI is InChI=1S/C27H28N4O2/c1-19(32)28-20-10-12-21(13-11-20)29-26(33)18-30-14-16-31(17-15-30)27-24-8-4-2-6-22(24)23-7-3-5-9-25(23)27/h2-13,27H,14-18H2,1H3,(H,28,32)(H,29,33). The quantitative estimate of drug-likeness (QED) is 0.630. The first kappa shape index (κ1) is 21.4. The number of carbonyl (C=O) groups excluding carboxylic acids is 2. The number of carbonyl (C=O) groups is 2. The van der Waals surface area contributed by atoms with Crippen molar-refractivity contribution in [2.24, 2.45) is 0 Å². The molecule has 2 aliphatic rings. The van der Waals surface area contributed by atoms with E-state index in [1.54, 1.807) is 24.3 Å². The van der Waals surface area contributed by atoms with E-state index in [0.29, 0.717) is 12.2 Å². The van der Waals surface area contributed by atoms with Crippen molar-refractivity contribution >= 4 is 23.2 Å². The van der Waals surface area contributed by atoms with Crippen molar-refractivity contribution in [2.45, 2.75) is 13.0 Å². The molecule has 6 nitrogen and oxygen atoms in total. The van der Waals surface area contributed by atoms with Gasteiger partial charge < -0.3 is 10.6 Å². The van der Waals surface area contributed by atoms with Crippen LogP contribution in [0.5, 0.6) is 0 Å². The molecule has 1 fully saturated rings. The number of fused-ring (bicyclic) bond motifs is 3. The Morgan fingerprint density at radius 1 is 0.758 bits per heavy atom. The van der Waals surface area contributed by atoms with E-state index in [1.807, 2.05) is 0 Å². The van der Waals surface area contributed by atoms with Crippen LogP contribution in [-0.2, 0) is 9.59 Å². The van der Waals surface area contributed by atoms with Gasteiger partial charge >= 0.3 is 0 Å². The van der Waals surface area contributed by atoms with Crippen molar-refractivity contribution in [2.75, 3.05) is 43.4 Å². The van der Waals surface area contributed by atoms with Crippen LogP contribution in [0, 0.1) is 0 Å². The Labute approximate surface area is 194 Å². The molecule has 3 aromatic carbocycles. The van der Waals surface area contributed by atoms with Crippen molar-refractivity contribution in [3.05, 3.63) is 83.9 Å². The monoisotopic (exact) mass is 440 g/mol. The van der Waals surface area contributed by atoms with Gasteiger partial charge in [0.2, 0.25) is 11.8 Å². The molecule has 1 aliphatic heterocycles. The Morgan fingerprint density at radius 2 is 1.27 bits per heavy atom. The van der Waals surface area contributed by atoms with E-state index < -0.39 is 0 Å². The fourth-order valence-corrected chi connectivity index (χ4v) is 4.95. The van der Waals surface area contributed by atoms with Crippen LogP contribution < -0.4 is 10.6 Å². The summed E-state index contributed by atoms with van der Waals surface area (Å²) >= 11 is 0. The number of hydrogen-bond acceptors (Lipinski definition) is 4. The highest BCUT2D eigenvalue weighted by Gasteiger charge is 2.34. The molecule has 2 amide bonds. The lowest BCUT2D eigenvalue weighted by molar-refractivity contribution is -0.118. The second-order valence-electron chi connectivity index (χ2n) is 8.70. The Balaban J connectivity index is 1.18. The highest BCUT2D eigenvalue weighted by atomic mass is 16.2. The van der Waals surface area contributed by atoms with Crippen LogP contribution in [0.2, 0.25) is 0 Å². The molecular weight excluding hydrogens is 412 g/mol. The zero-order valence-corrected chi connectivity index (χ0v) is 18.8. The third-order valence-electron chi connectivity index (χ3n) is 6.43. The predicted octanol–water partition coefficient (Wildman–Crippen LogP) is 3.97. The van der Waals surface area contributed by atoms with E-state index >= 15 is 0 Å². The predicted molar refractivity (Wildman–Crippen MR) is 131 cm³/mol. The summed E-state index contributed by atoms with van der Waals surface area (Å²) < 4.78 is 0. The second kappa shape index (κ2) is 9.17. The fraction of sp³-hybridized carbons (Fsp3) is 0.259. The van der Waals surface area contributed by atoms with E-state index in [4.69, 9.17) is 0 Å². The minimum atomic E-state index is -0.115. The highest BCUT2D eigenvalue weighted by Crippen LogP contribution is 2.46. The summed E-state index contributed by atoms with van der Waals surface area (Å²) in [6, 6.07) is 24.9. The van der Waals surface area contributed by atoms with E-state index in [9.17, 15) is 9.59 Å². The van der Waals surface area contributed by atoms with E-state index in [0.717, 1.165) is 31.9 Å². The van der Waals surface area contributed by atoms with Crippen LogP contribution in [0.3, 0.4) is 0 Å². The van der Waals surface area contributed by atoms with Gasteiger partial charge in [-0.15, -0.1) is 0 Å². The summed E-state index contributed by atoms with van der Waals surface area (Å²) in [7, 11) is 0. The molecule has 168 valence electrons. The SMILES string of the molecule is CC(=O)Nc1ccc(NC(=O)CN2CCN(C3c4ccccc4-c4ccccc43)CC2)cc1. The Kier molecular flexibility index (Phi) is 5.94. The van der Waals surface area contributed by atoms with Gasteiger partial charge in [-0.3, -0.25) is 19.4 Å². The van der Waals surface area contributed by atoms with Gasteiger partial charge in [-0.25, -0.2) is 0 Å². The Hall–Kier alpha value is -3.48. The van der Waals surface area contributed by atoms with Crippen molar-refractivity contribution in [3.8, 4) is 11.1 Å². The smallest absolute Gasteiger partial charge is 0.238 e. The first-order chi connectivity index (χ1) is 16.1. The molecule has 0 bridgehead atoms. The minimum absolute atomic E-state index is 0.0210. The topological polar surface area (TPSA) is 64.7 Å². The molecule has 0 spiro atoms. The molecule has 0 atom stereocenters. The van der Waals surface area contributed by atoms with Crippen molar-refractivity contribution in [3.63, 3.8) is 0 Å². The highest BCUT2D eigenvalue weighted by molar-refractivity contribution is 5.93. The van der Waals surface area contributed by atoms with Gasteiger partial charge in [0.15, 0.2) is 0 Å². The summed E-state index contributed by atoms with van der Waals surface area (Å²) in [6.45, 7) is 5.41.